The average Bonchev–Trinajstić information content (AvgIpc) is 2.28. The maximum absolute atomic E-state index is 2.31. The fourth-order valence-corrected chi connectivity index (χ4v) is 1.25. The molecule has 0 heterocycles. The first-order valence-electron chi connectivity index (χ1n) is 4.43. The molecule has 0 radical (unpaired) electrons. The Labute approximate surface area is 69.3 Å². The van der Waals surface area contributed by atoms with E-state index in [9.17, 15) is 0 Å². The van der Waals surface area contributed by atoms with Crippen LogP contribution in [0.1, 0.15) is 33.1 Å². The first kappa shape index (κ1) is 8.32. The van der Waals surface area contributed by atoms with Crippen LogP contribution in [0.15, 0.2) is 35.5 Å². The van der Waals surface area contributed by atoms with Gasteiger partial charge in [0.2, 0.25) is 0 Å². The Bertz CT molecular complexity index is 204. The molecule has 0 N–H and O–H groups in total. The third-order valence-electron chi connectivity index (χ3n) is 2.04. The van der Waals surface area contributed by atoms with Crippen LogP contribution in [0.5, 0.6) is 0 Å². The van der Waals surface area contributed by atoms with Gasteiger partial charge in [-0.15, -0.1) is 0 Å². The highest BCUT2D eigenvalue weighted by atomic mass is 14.0. The second-order valence-electron chi connectivity index (χ2n) is 2.84. The fourth-order valence-electron chi connectivity index (χ4n) is 1.25. The monoisotopic (exact) mass is 148 g/mol. The van der Waals surface area contributed by atoms with Gasteiger partial charge in [-0.25, -0.2) is 0 Å². The first-order chi connectivity index (χ1) is 5.36. The van der Waals surface area contributed by atoms with Crippen LogP contribution in [-0.2, 0) is 0 Å². The van der Waals surface area contributed by atoms with Crippen molar-refractivity contribution in [2.45, 2.75) is 33.1 Å². The van der Waals surface area contributed by atoms with E-state index in [4.69, 9.17) is 0 Å². The molecule has 0 unspecified atom stereocenters. The van der Waals surface area contributed by atoms with E-state index in [1.807, 2.05) is 0 Å². The van der Waals surface area contributed by atoms with Gasteiger partial charge in [0.15, 0.2) is 0 Å². The molecule has 0 heteroatoms. The topological polar surface area (TPSA) is 0 Å². The predicted molar refractivity (Wildman–Crippen MR) is 50.5 cm³/mol. The summed E-state index contributed by atoms with van der Waals surface area (Å²) < 4.78 is 0. The summed E-state index contributed by atoms with van der Waals surface area (Å²) in [5.74, 6) is 0. The van der Waals surface area contributed by atoms with Crippen molar-refractivity contribution in [3.05, 3.63) is 35.5 Å². The molecule has 0 nitrogen and oxygen atoms in total. The van der Waals surface area contributed by atoms with Crippen molar-refractivity contribution in [1.82, 2.24) is 0 Å². The largest absolute Gasteiger partial charge is 0.0805 e. The molecule has 0 aromatic rings. The summed E-state index contributed by atoms with van der Waals surface area (Å²) in [5.41, 5.74) is 2.93. The van der Waals surface area contributed by atoms with Crippen LogP contribution in [-0.4, -0.2) is 0 Å². The van der Waals surface area contributed by atoms with Gasteiger partial charge in [0.1, 0.15) is 0 Å². The second kappa shape index (κ2) is 4.17. The zero-order valence-corrected chi connectivity index (χ0v) is 7.43. The zero-order valence-electron chi connectivity index (χ0n) is 7.43. The Kier molecular flexibility index (Phi) is 3.15. The van der Waals surface area contributed by atoms with Crippen LogP contribution in [0.2, 0.25) is 0 Å². The molecule has 0 aromatic heterocycles. The summed E-state index contributed by atoms with van der Waals surface area (Å²) >= 11 is 0. The highest BCUT2D eigenvalue weighted by Crippen LogP contribution is 2.15. The van der Waals surface area contributed by atoms with Gasteiger partial charge in [-0.05, 0) is 24.8 Å². The van der Waals surface area contributed by atoms with E-state index < -0.39 is 0 Å². The molecule has 11 heavy (non-hydrogen) atoms. The minimum absolute atomic E-state index is 1.10. The van der Waals surface area contributed by atoms with Crippen LogP contribution < -0.4 is 0 Å². The Balaban J connectivity index is 2.77. The predicted octanol–water partition coefficient (Wildman–Crippen LogP) is 3.62. The highest BCUT2D eigenvalue weighted by molar-refractivity contribution is 5.33. The van der Waals surface area contributed by atoms with Crippen LogP contribution in [0.25, 0.3) is 0 Å². The zero-order chi connectivity index (χ0) is 8.10. The van der Waals surface area contributed by atoms with Gasteiger partial charge in [0.05, 0.1) is 0 Å². The van der Waals surface area contributed by atoms with E-state index in [1.54, 1.807) is 0 Å². The lowest BCUT2D eigenvalue weighted by Crippen LogP contribution is -1.77. The molecule has 0 amide bonds. The third-order valence-corrected chi connectivity index (χ3v) is 2.04. The molecular formula is C11H16. The van der Waals surface area contributed by atoms with E-state index in [2.05, 4.69) is 38.2 Å². The number of allylic oxidation sites excluding steroid dienone is 6. The molecule has 0 atom stereocenters. The summed E-state index contributed by atoms with van der Waals surface area (Å²) in [6, 6.07) is 0. The smallest absolute Gasteiger partial charge is 0.0160 e. The minimum Gasteiger partial charge on any atom is -0.0805 e. The van der Waals surface area contributed by atoms with Crippen molar-refractivity contribution in [3.8, 4) is 0 Å². The van der Waals surface area contributed by atoms with Gasteiger partial charge >= 0.3 is 0 Å². The molecule has 0 bridgehead atoms. The van der Waals surface area contributed by atoms with Gasteiger partial charge in [0.25, 0.3) is 0 Å². The lowest BCUT2D eigenvalue weighted by Gasteiger charge is -1.97. The van der Waals surface area contributed by atoms with E-state index in [1.165, 1.54) is 11.1 Å². The molecule has 0 fully saturated rings. The molecular weight excluding hydrogens is 132 g/mol. The first-order valence-corrected chi connectivity index (χ1v) is 4.43. The molecule has 1 aliphatic rings. The minimum atomic E-state index is 1.10. The molecule has 1 rings (SSSR count). The van der Waals surface area contributed by atoms with Crippen molar-refractivity contribution < 1.29 is 0 Å². The number of hydrogen-bond acceptors (Lipinski definition) is 0. The van der Waals surface area contributed by atoms with E-state index in [-0.39, 0.29) is 0 Å². The Hall–Kier alpha value is -0.780. The van der Waals surface area contributed by atoms with Crippen LogP contribution in [0.3, 0.4) is 0 Å². The summed E-state index contributed by atoms with van der Waals surface area (Å²) in [6.07, 6.45) is 12.5. The normalized spacial score (nSPS) is 17.3. The Morgan fingerprint density at radius 1 is 1.18 bits per heavy atom. The van der Waals surface area contributed by atoms with Crippen molar-refractivity contribution in [2.75, 3.05) is 0 Å². The fraction of sp³-hybridized carbons (Fsp3) is 0.455. The SMILES string of the molecule is CCC1=CCC=CC(CC)=C1. The number of hydrogen-bond donors (Lipinski definition) is 0. The summed E-state index contributed by atoms with van der Waals surface area (Å²) in [7, 11) is 0. The van der Waals surface area contributed by atoms with E-state index >= 15 is 0 Å². The third kappa shape index (κ3) is 2.38. The molecule has 60 valence electrons. The van der Waals surface area contributed by atoms with Gasteiger partial charge < -0.3 is 0 Å². The van der Waals surface area contributed by atoms with Crippen molar-refractivity contribution in [1.29, 1.82) is 0 Å². The molecule has 1 aliphatic carbocycles. The Morgan fingerprint density at radius 3 is 2.55 bits per heavy atom. The van der Waals surface area contributed by atoms with Gasteiger partial charge in [-0.1, -0.05) is 43.7 Å². The van der Waals surface area contributed by atoms with Crippen LogP contribution in [0.4, 0.5) is 0 Å². The van der Waals surface area contributed by atoms with Crippen molar-refractivity contribution in [3.63, 3.8) is 0 Å². The van der Waals surface area contributed by atoms with Crippen LogP contribution in [0, 0.1) is 0 Å². The maximum atomic E-state index is 2.31. The summed E-state index contributed by atoms with van der Waals surface area (Å²) in [5, 5.41) is 0. The second-order valence-corrected chi connectivity index (χ2v) is 2.84. The van der Waals surface area contributed by atoms with Gasteiger partial charge in [0, 0.05) is 0 Å². The molecule has 0 saturated heterocycles. The van der Waals surface area contributed by atoms with Crippen molar-refractivity contribution in [2.24, 2.45) is 0 Å². The van der Waals surface area contributed by atoms with Gasteiger partial charge in [-0.2, -0.15) is 0 Å². The number of rotatable bonds is 2. The highest BCUT2D eigenvalue weighted by Gasteiger charge is 1.95. The van der Waals surface area contributed by atoms with Crippen LogP contribution >= 0.6 is 0 Å². The molecule has 0 spiro atoms. The summed E-state index contributed by atoms with van der Waals surface area (Å²) in [4.78, 5) is 0. The van der Waals surface area contributed by atoms with Crippen molar-refractivity contribution >= 4 is 0 Å². The average molecular weight is 148 g/mol. The maximum Gasteiger partial charge on any atom is -0.0160 e. The van der Waals surface area contributed by atoms with E-state index in [0.717, 1.165) is 19.3 Å². The van der Waals surface area contributed by atoms with Gasteiger partial charge in [-0.3, -0.25) is 0 Å². The van der Waals surface area contributed by atoms with E-state index in [0.29, 0.717) is 0 Å². The molecule has 0 saturated carbocycles. The lowest BCUT2D eigenvalue weighted by atomic mass is 10.1. The Morgan fingerprint density at radius 2 is 1.91 bits per heavy atom. The lowest BCUT2D eigenvalue weighted by molar-refractivity contribution is 1.10. The molecule has 0 aliphatic heterocycles. The standard InChI is InChI=1S/C11H16/c1-3-10-7-5-6-8-11(4-2)9-10/h5,7-9H,3-4,6H2,1-2H3. The quantitative estimate of drug-likeness (QED) is 0.561. The summed E-state index contributed by atoms with van der Waals surface area (Å²) in [6.45, 7) is 4.41. The molecule has 0 aromatic carbocycles.